The van der Waals surface area contributed by atoms with Crippen LogP contribution in [-0.4, -0.2) is 15.9 Å². The Hall–Kier alpha value is -2.91. The highest BCUT2D eigenvalue weighted by atomic mass is 32.1. The van der Waals surface area contributed by atoms with Crippen molar-refractivity contribution in [2.24, 2.45) is 0 Å². The summed E-state index contributed by atoms with van der Waals surface area (Å²) < 4.78 is 0. The fourth-order valence-corrected chi connectivity index (χ4v) is 2.52. The Kier molecular flexibility index (Phi) is 3.50. The molecule has 0 bridgehead atoms. The number of carbonyl (C=O) groups is 1. The van der Waals surface area contributed by atoms with Crippen LogP contribution in [0.5, 0.6) is 0 Å². The summed E-state index contributed by atoms with van der Waals surface area (Å²) in [6.07, 6.45) is 1.82. The number of carbonyl (C=O) groups excluding carboxylic acids is 1. The molecule has 0 saturated heterocycles. The first-order chi connectivity index (χ1) is 10.3. The van der Waals surface area contributed by atoms with Crippen molar-refractivity contribution in [3.63, 3.8) is 0 Å². The summed E-state index contributed by atoms with van der Waals surface area (Å²) >= 11 is 1.36. The van der Waals surface area contributed by atoms with Crippen LogP contribution >= 0.6 is 11.3 Å². The van der Waals surface area contributed by atoms with E-state index >= 15 is 0 Å². The number of amides is 1. The van der Waals surface area contributed by atoms with E-state index in [2.05, 4.69) is 15.3 Å². The molecule has 6 heteroatoms. The molecule has 0 radical (unpaired) electrons. The molecule has 5 nitrogen and oxygen atoms in total. The minimum atomic E-state index is -0.244. The van der Waals surface area contributed by atoms with Gasteiger partial charge in [-0.2, -0.15) is 5.26 Å². The zero-order chi connectivity index (χ0) is 14.7. The minimum absolute atomic E-state index is 0.244. The second-order valence-corrected chi connectivity index (χ2v) is 5.12. The van der Waals surface area contributed by atoms with E-state index in [9.17, 15) is 4.79 Å². The van der Waals surface area contributed by atoms with Gasteiger partial charge in [0, 0.05) is 17.1 Å². The van der Waals surface area contributed by atoms with E-state index in [0.717, 1.165) is 11.4 Å². The van der Waals surface area contributed by atoms with Gasteiger partial charge in [0.1, 0.15) is 0 Å². The molecule has 0 fully saturated rings. The zero-order valence-electron chi connectivity index (χ0n) is 10.8. The number of hydrogen-bond donors (Lipinski definition) is 2. The third-order valence-electron chi connectivity index (χ3n) is 2.87. The number of aromatic amines is 1. The van der Waals surface area contributed by atoms with Crippen molar-refractivity contribution in [3.05, 3.63) is 59.1 Å². The van der Waals surface area contributed by atoms with Crippen molar-refractivity contribution in [1.82, 2.24) is 9.97 Å². The van der Waals surface area contributed by atoms with Crippen LogP contribution in [0.15, 0.2) is 48.0 Å². The van der Waals surface area contributed by atoms with Crippen LogP contribution in [0.2, 0.25) is 0 Å². The van der Waals surface area contributed by atoms with Crippen LogP contribution in [0.1, 0.15) is 15.9 Å². The third kappa shape index (κ3) is 2.83. The van der Waals surface area contributed by atoms with E-state index in [1.807, 2.05) is 29.8 Å². The first-order valence-electron chi connectivity index (χ1n) is 6.17. The largest absolute Gasteiger partial charge is 0.360 e. The summed E-state index contributed by atoms with van der Waals surface area (Å²) in [5.41, 5.74) is 2.71. The molecule has 0 aliphatic carbocycles. The van der Waals surface area contributed by atoms with Crippen molar-refractivity contribution in [1.29, 1.82) is 5.26 Å². The van der Waals surface area contributed by atoms with Crippen LogP contribution in [0.3, 0.4) is 0 Å². The summed E-state index contributed by atoms with van der Waals surface area (Å²) in [5.74, 6) is -0.244. The number of benzene rings is 1. The Morgan fingerprint density at radius 1 is 1.29 bits per heavy atom. The fraction of sp³-hybridized carbons (Fsp3) is 0. The van der Waals surface area contributed by atoms with Crippen molar-refractivity contribution < 1.29 is 4.79 Å². The van der Waals surface area contributed by atoms with Crippen LogP contribution in [0.4, 0.5) is 5.13 Å². The molecule has 1 amide bonds. The number of aromatic nitrogens is 2. The molecule has 3 aromatic rings. The van der Waals surface area contributed by atoms with Gasteiger partial charge in [-0.25, -0.2) is 4.98 Å². The Balaban J connectivity index is 1.74. The van der Waals surface area contributed by atoms with Crippen molar-refractivity contribution in [3.8, 4) is 17.5 Å². The molecule has 2 heterocycles. The summed E-state index contributed by atoms with van der Waals surface area (Å²) in [6, 6.07) is 12.3. The van der Waals surface area contributed by atoms with Crippen molar-refractivity contribution in [2.45, 2.75) is 0 Å². The average molecular weight is 294 g/mol. The predicted octanol–water partition coefficient (Wildman–Crippen LogP) is 3.26. The topological polar surface area (TPSA) is 81.6 Å². The highest BCUT2D eigenvalue weighted by Gasteiger charge is 2.10. The van der Waals surface area contributed by atoms with Crippen LogP contribution in [-0.2, 0) is 0 Å². The maximum absolute atomic E-state index is 12.1. The third-order valence-corrected chi connectivity index (χ3v) is 3.63. The lowest BCUT2D eigenvalue weighted by molar-refractivity contribution is 0.102. The number of nitrogens with zero attached hydrogens (tertiary/aromatic N) is 2. The highest BCUT2D eigenvalue weighted by molar-refractivity contribution is 7.14. The molecule has 0 unspecified atom stereocenters. The SMILES string of the molecule is N#Cc1ccc(C(=O)Nc2nc(-c3ccc[nH]3)cs2)cc1. The van der Waals surface area contributed by atoms with Crippen molar-refractivity contribution in [2.75, 3.05) is 5.32 Å². The van der Waals surface area contributed by atoms with Gasteiger partial charge in [0.05, 0.1) is 23.0 Å². The van der Waals surface area contributed by atoms with E-state index in [4.69, 9.17) is 5.26 Å². The molecular weight excluding hydrogens is 284 g/mol. The molecule has 0 aliphatic heterocycles. The number of anilines is 1. The van der Waals surface area contributed by atoms with Gasteiger partial charge in [-0.15, -0.1) is 11.3 Å². The standard InChI is InChI=1S/C15H10N4OS/c16-8-10-3-5-11(6-4-10)14(20)19-15-18-13(9-21-15)12-2-1-7-17-12/h1-7,9,17H,(H,18,19,20). The maximum Gasteiger partial charge on any atom is 0.257 e. The molecule has 2 aromatic heterocycles. The van der Waals surface area contributed by atoms with E-state index < -0.39 is 0 Å². The lowest BCUT2D eigenvalue weighted by atomic mass is 10.1. The summed E-state index contributed by atoms with van der Waals surface area (Å²) in [6.45, 7) is 0. The van der Waals surface area contributed by atoms with Gasteiger partial charge in [0.15, 0.2) is 5.13 Å². The van der Waals surface area contributed by atoms with Gasteiger partial charge in [-0.1, -0.05) is 0 Å². The average Bonchev–Trinajstić information content (AvgIpc) is 3.18. The number of nitriles is 1. The monoisotopic (exact) mass is 294 g/mol. The van der Waals surface area contributed by atoms with Gasteiger partial charge < -0.3 is 4.98 Å². The second-order valence-electron chi connectivity index (χ2n) is 4.26. The predicted molar refractivity (Wildman–Crippen MR) is 81.0 cm³/mol. The molecule has 0 atom stereocenters. The Bertz CT molecular complexity index is 797. The molecule has 0 aliphatic rings. The number of thiazole rings is 1. The first-order valence-corrected chi connectivity index (χ1v) is 7.05. The zero-order valence-corrected chi connectivity index (χ0v) is 11.6. The summed E-state index contributed by atoms with van der Waals surface area (Å²) in [5, 5.41) is 13.9. The number of rotatable bonds is 3. The van der Waals surface area contributed by atoms with Crippen LogP contribution in [0.25, 0.3) is 11.4 Å². The molecule has 21 heavy (non-hydrogen) atoms. The molecular formula is C15H10N4OS. The number of nitrogens with one attached hydrogen (secondary N) is 2. The quantitative estimate of drug-likeness (QED) is 0.778. The van der Waals surface area contributed by atoms with Gasteiger partial charge in [-0.3, -0.25) is 10.1 Å². The number of hydrogen-bond acceptors (Lipinski definition) is 4. The minimum Gasteiger partial charge on any atom is -0.360 e. The Morgan fingerprint density at radius 3 is 2.76 bits per heavy atom. The van der Waals surface area contributed by atoms with E-state index in [0.29, 0.717) is 16.3 Å². The number of H-pyrrole nitrogens is 1. The lowest BCUT2D eigenvalue weighted by Crippen LogP contribution is -2.11. The maximum atomic E-state index is 12.1. The molecule has 2 N–H and O–H groups in total. The van der Waals surface area contributed by atoms with Crippen LogP contribution in [0, 0.1) is 11.3 Å². The Morgan fingerprint density at radius 2 is 2.10 bits per heavy atom. The highest BCUT2D eigenvalue weighted by Crippen LogP contribution is 2.23. The van der Waals surface area contributed by atoms with E-state index in [1.54, 1.807) is 24.3 Å². The van der Waals surface area contributed by atoms with Crippen molar-refractivity contribution >= 4 is 22.4 Å². The summed E-state index contributed by atoms with van der Waals surface area (Å²) in [4.78, 5) is 19.5. The molecule has 1 aromatic carbocycles. The van der Waals surface area contributed by atoms with E-state index in [1.165, 1.54) is 11.3 Å². The first kappa shape index (κ1) is 13.1. The van der Waals surface area contributed by atoms with Gasteiger partial charge in [0.2, 0.25) is 0 Å². The Labute approximate surface area is 124 Å². The lowest BCUT2D eigenvalue weighted by Gasteiger charge is -2.01. The molecule has 102 valence electrons. The molecule has 3 rings (SSSR count). The molecule has 0 saturated carbocycles. The smallest absolute Gasteiger partial charge is 0.257 e. The fourth-order valence-electron chi connectivity index (χ4n) is 1.81. The van der Waals surface area contributed by atoms with Crippen LogP contribution < -0.4 is 5.32 Å². The van der Waals surface area contributed by atoms with E-state index in [-0.39, 0.29) is 5.91 Å². The van der Waals surface area contributed by atoms with Gasteiger partial charge >= 0.3 is 0 Å². The normalized spacial score (nSPS) is 10.0. The molecule has 0 spiro atoms. The summed E-state index contributed by atoms with van der Waals surface area (Å²) in [7, 11) is 0. The van der Waals surface area contributed by atoms with Gasteiger partial charge in [-0.05, 0) is 36.4 Å². The second kappa shape index (κ2) is 5.61. The van der Waals surface area contributed by atoms with Gasteiger partial charge in [0.25, 0.3) is 5.91 Å².